The van der Waals surface area contributed by atoms with Crippen molar-refractivity contribution in [1.29, 1.82) is 0 Å². The Morgan fingerprint density at radius 2 is 1.96 bits per heavy atom. The molecular formula is C18H19Cl2N3O2. The van der Waals surface area contributed by atoms with Crippen molar-refractivity contribution in [3.05, 3.63) is 57.1 Å². The molecule has 1 aliphatic heterocycles. The van der Waals surface area contributed by atoms with Gasteiger partial charge in [0, 0.05) is 21.3 Å². The number of phenolic OH excluding ortho intramolecular Hbond substituents is 1. The first kappa shape index (κ1) is 18.0. The normalized spacial score (nSPS) is 19.8. The van der Waals surface area contributed by atoms with Crippen LogP contribution in [0.25, 0.3) is 0 Å². The maximum absolute atomic E-state index is 12.5. The zero-order valence-electron chi connectivity index (χ0n) is 13.9. The number of amides is 1. The van der Waals surface area contributed by atoms with E-state index >= 15 is 0 Å². The molecule has 2 aromatic carbocycles. The van der Waals surface area contributed by atoms with Gasteiger partial charge < -0.3 is 10.4 Å². The highest BCUT2D eigenvalue weighted by Crippen LogP contribution is 2.34. The van der Waals surface area contributed by atoms with Crippen LogP contribution >= 0.6 is 23.2 Å². The molecule has 1 heterocycles. The third-order valence-electron chi connectivity index (χ3n) is 4.43. The summed E-state index contributed by atoms with van der Waals surface area (Å²) in [5, 5.41) is 14.2. The Kier molecular flexibility index (Phi) is 5.20. The monoisotopic (exact) mass is 379 g/mol. The number of halogens is 2. The summed E-state index contributed by atoms with van der Waals surface area (Å²) in [6, 6.07) is 8.08. The van der Waals surface area contributed by atoms with Crippen LogP contribution in [0, 0.1) is 13.8 Å². The highest BCUT2D eigenvalue weighted by atomic mass is 35.5. The molecule has 2 unspecified atom stereocenters. The van der Waals surface area contributed by atoms with E-state index in [1.165, 1.54) is 0 Å². The summed E-state index contributed by atoms with van der Waals surface area (Å²) in [5.74, 6) is -0.00833. The molecule has 1 fully saturated rings. The van der Waals surface area contributed by atoms with Gasteiger partial charge in [0.05, 0.1) is 6.04 Å². The number of aryl methyl sites for hydroxylation is 1. The second-order valence-corrected chi connectivity index (χ2v) is 7.01. The lowest BCUT2D eigenvalue weighted by Gasteiger charge is -2.14. The molecule has 2 aromatic rings. The molecule has 2 atom stereocenters. The molecule has 5 nitrogen and oxygen atoms in total. The number of rotatable bonds is 3. The Morgan fingerprint density at radius 1 is 1.20 bits per heavy atom. The van der Waals surface area contributed by atoms with Crippen LogP contribution in [0.2, 0.25) is 10.0 Å². The summed E-state index contributed by atoms with van der Waals surface area (Å²) < 4.78 is 0. The van der Waals surface area contributed by atoms with Gasteiger partial charge in [0.2, 0.25) is 5.91 Å². The average molecular weight is 380 g/mol. The second-order valence-electron chi connectivity index (χ2n) is 6.19. The van der Waals surface area contributed by atoms with Gasteiger partial charge in [-0.05, 0) is 55.7 Å². The van der Waals surface area contributed by atoms with Crippen molar-refractivity contribution in [3.63, 3.8) is 0 Å². The Hall–Kier alpha value is -1.79. The van der Waals surface area contributed by atoms with Crippen LogP contribution in [-0.4, -0.2) is 17.1 Å². The van der Waals surface area contributed by atoms with Gasteiger partial charge in [-0.25, -0.2) is 10.9 Å². The standard InChI is InChI=1S/C18H19Cl2N3O2/c1-9-6-17(24)11(7-13(9)20)15-8-16(23-22-15)18(25)21-14-5-3-4-12(19)10(14)2/h3-7,15-16,22-24H,8H2,1-2H3,(H,21,25). The Bertz CT molecular complexity index is 826. The minimum absolute atomic E-state index is 0.160. The third-order valence-corrected chi connectivity index (χ3v) is 5.25. The molecule has 25 heavy (non-hydrogen) atoms. The Balaban J connectivity index is 1.71. The van der Waals surface area contributed by atoms with Crippen LogP contribution in [0.15, 0.2) is 30.3 Å². The lowest BCUT2D eigenvalue weighted by molar-refractivity contribution is -0.117. The molecule has 7 heteroatoms. The number of hydrogen-bond donors (Lipinski definition) is 4. The fraction of sp³-hybridized carbons (Fsp3) is 0.278. The first-order chi connectivity index (χ1) is 11.9. The maximum Gasteiger partial charge on any atom is 0.242 e. The van der Waals surface area contributed by atoms with E-state index < -0.39 is 6.04 Å². The van der Waals surface area contributed by atoms with E-state index in [4.69, 9.17) is 23.2 Å². The molecule has 3 rings (SSSR count). The first-order valence-corrected chi connectivity index (χ1v) is 8.68. The van der Waals surface area contributed by atoms with Gasteiger partial charge in [-0.1, -0.05) is 29.3 Å². The molecule has 132 valence electrons. The summed E-state index contributed by atoms with van der Waals surface area (Å²) in [4.78, 5) is 12.5. The molecule has 0 radical (unpaired) electrons. The first-order valence-electron chi connectivity index (χ1n) is 7.93. The van der Waals surface area contributed by atoms with Crippen molar-refractivity contribution < 1.29 is 9.90 Å². The zero-order chi connectivity index (χ0) is 18.1. The smallest absolute Gasteiger partial charge is 0.242 e. The Labute approximate surface area is 156 Å². The van der Waals surface area contributed by atoms with Crippen molar-refractivity contribution in [3.8, 4) is 5.75 Å². The lowest BCUT2D eigenvalue weighted by Crippen LogP contribution is -2.39. The number of carbonyl (C=O) groups excluding carboxylic acids is 1. The fourth-order valence-electron chi connectivity index (χ4n) is 2.86. The minimum atomic E-state index is -0.442. The summed E-state index contributed by atoms with van der Waals surface area (Å²) >= 11 is 12.2. The molecule has 1 saturated heterocycles. The molecular weight excluding hydrogens is 361 g/mol. The topological polar surface area (TPSA) is 73.4 Å². The highest BCUT2D eigenvalue weighted by molar-refractivity contribution is 6.32. The largest absolute Gasteiger partial charge is 0.508 e. The number of benzene rings is 2. The van der Waals surface area contributed by atoms with Gasteiger partial charge in [0.1, 0.15) is 11.8 Å². The van der Waals surface area contributed by atoms with Crippen LogP contribution in [0.4, 0.5) is 5.69 Å². The molecule has 0 aliphatic carbocycles. The number of hydrazine groups is 1. The van der Waals surface area contributed by atoms with Crippen LogP contribution in [-0.2, 0) is 4.79 Å². The van der Waals surface area contributed by atoms with Gasteiger partial charge in [-0.2, -0.15) is 0 Å². The molecule has 0 saturated carbocycles. The number of aromatic hydroxyl groups is 1. The van der Waals surface area contributed by atoms with Gasteiger partial charge in [-0.15, -0.1) is 0 Å². The number of hydrogen-bond acceptors (Lipinski definition) is 4. The number of anilines is 1. The van der Waals surface area contributed by atoms with E-state index in [-0.39, 0.29) is 17.7 Å². The zero-order valence-corrected chi connectivity index (χ0v) is 15.4. The molecule has 4 N–H and O–H groups in total. The Morgan fingerprint density at radius 3 is 2.72 bits per heavy atom. The number of nitrogens with one attached hydrogen (secondary N) is 3. The molecule has 0 bridgehead atoms. The van der Waals surface area contributed by atoms with Gasteiger partial charge in [0.25, 0.3) is 0 Å². The summed E-state index contributed by atoms with van der Waals surface area (Å²) in [6.45, 7) is 3.68. The van der Waals surface area contributed by atoms with E-state index in [0.717, 1.165) is 11.1 Å². The van der Waals surface area contributed by atoms with Crippen molar-refractivity contribution in [2.24, 2.45) is 0 Å². The van der Waals surface area contributed by atoms with Crippen molar-refractivity contribution >= 4 is 34.8 Å². The minimum Gasteiger partial charge on any atom is -0.508 e. The molecule has 0 spiro atoms. The average Bonchev–Trinajstić information content (AvgIpc) is 3.05. The summed E-state index contributed by atoms with van der Waals surface area (Å²) in [7, 11) is 0. The van der Waals surface area contributed by atoms with Crippen molar-refractivity contribution in [2.75, 3.05) is 5.32 Å². The van der Waals surface area contributed by atoms with E-state index in [1.807, 2.05) is 19.9 Å². The molecule has 1 amide bonds. The van der Waals surface area contributed by atoms with E-state index in [0.29, 0.717) is 27.7 Å². The SMILES string of the molecule is Cc1cc(O)c(C2CC(C(=O)Nc3cccc(Cl)c3C)NN2)cc1Cl. The van der Waals surface area contributed by atoms with Gasteiger partial charge in [0.15, 0.2) is 0 Å². The highest BCUT2D eigenvalue weighted by Gasteiger charge is 2.32. The van der Waals surface area contributed by atoms with E-state index in [9.17, 15) is 9.90 Å². The fourth-order valence-corrected chi connectivity index (χ4v) is 3.20. The predicted octanol–water partition coefficient (Wildman–Crippen LogP) is 3.86. The van der Waals surface area contributed by atoms with Crippen molar-refractivity contribution in [2.45, 2.75) is 32.4 Å². The van der Waals surface area contributed by atoms with E-state index in [1.54, 1.807) is 24.3 Å². The van der Waals surface area contributed by atoms with Gasteiger partial charge >= 0.3 is 0 Å². The van der Waals surface area contributed by atoms with E-state index in [2.05, 4.69) is 16.2 Å². The van der Waals surface area contributed by atoms with Crippen LogP contribution in [0.1, 0.15) is 29.2 Å². The second kappa shape index (κ2) is 7.22. The number of phenols is 1. The molecule has 1 aliphatic rings. The quantitative estimate of drug-likeness (QED) is 0.653. The van der Waals surface area contributed by atoms with Crippen LogP contribution in [0.5, 0.6) is 5.75 Å². The van der Waals surface area contributed by atoms with Crippen molar-refractivity contribution in [1.82, 2.24) is 10.9 Å². The molecule has 0 aromatic heterocycles. The maximum atomic E-state index is 12.5. The summed E-state index contributed by atoms with van der Waals surface area (Å²) in [5.41, 5.74) is 8.99. The van der Waals surface area contributed by atoms with Crippen LogP contribution < -0.4 is 16.2 Å². The number of carbonyl (C=O) groups is 1. The van der Waals surface area contributed by atoms with Crippen LogP contribution in [0.3, 0.4) is 0 Å². The summed E-state index contributed by atoms with van der Waals surface area (Å²) in [6.07, 6.45) is 0.485. The lowest BCUT2D eigenvalue weighted by atomic mass is 9.99. The third kappa shape index (κ3) is 3.75. The van der Waals surface area contributed by atoms with Gasteiger partial charge in [-0.3, -0.25) is 4.79 Å². The predicted molar refractivity (Wildman–Crippen MR) is 100 cm³/mol.